The first kappa shape index (κ1) is 16.1. The Bertz CT molecular complexity index is 656. The molecule has 0 saturated carbocycles. The van der Waals surface area contributed by atoms with E-state index in [0.717, 1.165) is 11.5 Å². The average Bonchev–Trinajstić information content (AvgIpc) is 2.99. The van der Waals surface area contributed by atoms with Crippen molar-refractivity contribution in [1.29, 1.82) is 0 Å². The van der Waals surface area contributed by atoms with E-state index >= 15 is 0 Å². The lowest BCUT2D eigenvalue weighted by atomic mass is 10.1. The monoisotopic (exact) mass is 320 g/mol. The Kier molecular flexibility index (Phi) is 5.60. The Labute approximate surface area is 132 Å². The van der Waals surface area contributed by atoms with Crippen molar-refractivity contribution in [2.45, 2.75) is 12.7 Å². The van der Waals surface area contributed by atoms with Crippen LogP contribution in [0.2, 0.25) is 0 Å². The molecular formula is C15H16N2O4S. The maximum absolute atomic E-state index is 12.1. The lowest BCUT2D eigenvalue weighted by Crippen LogP contribution is -2.26. The van der Waals surface area contributed by atoms with E-state index in [1.54, 1.807) is 37.1 Å². The van der Waals surface area contributed by atoms with E-state index < -0.39 is 10.8 Å². The Balaban J connectivity index is 1.85. The maximum atomic E-state index is 12.1. The molecule has 0 aliphatic heterocycles. The molecule has 0 unspecified atom stereocenters. The predicted molar refractivity (Wildman–Crippen MR) is 85.0 cm³/mol. The second kappa shape index (κ2) is 7.65. The predicted octanol–water partition coefficient (Wildman–Crippen LogP) is 3.16. The Morgan fingerprint density at radius 3 is 2.86 bits per heavy atom. The molecule has 7 heteroatoms. The number of rotatable bonds is 7. The zero-order chi connectivity index (χ0) is 15.9. The van der Waals surface area contributed by atoms with Crippen LogP contribution in [0.5, 0.6) is 0 Å². The summed E-state index contributed by atoms with van der Waals surface area (Å²) in [5.41, 5.74) is 0.439. The Morgan fingerprint density at radius 2 is 2.18 bits per heavy atom. The van der Waals surface area contributed by atoms with Crippen LogP contribution in [-0.2, 0) is 5.75 Å². The quantitative estimate of drug-likeness (QED) is 0.481. The van der Waals surface area contributed by atoms with Crippen LogP contribution in [-0.4, -0.2) is 23.1 Å². The van der Waals surface area contributed by atoms with Gasteiger partial charge in [0.15, 0.2) is 0 Å². The third-order valence-electron chi connectivity index (χ3n) is 3.02. The molecule has 1 aromatic carbocycles. The van der Waals surface area contributed by atoms with E-state index in [9.17, 15) is 14.9 Å². The van der Waals surface area contributed by atoms with Crippen molar-refractivity contribution in [3.8, 4) is 0 Å². The SMILES string of the molecule is Cc1cccc(C(=O)NCCSCc2ccco2)c1[N+](=O)[O-]. The number of benzene rings is 1. The van der Waals surface area contributed by atoms with Gasteiger partial charge in [-0.3, -0.25) is 14.9 Å². The van der Waals surface area contributed by atoms with Crippen molar-refractivity contribution in [1.82, 2.24) is 5.32 Å². The van der Waals surface area contributed by atoms with Gasteiger partial charge in [0.2, 0.25) is 0 Å². The number of nitrogens with zero attached hydrogens (tertiary/aromatic N) is 1. The van der Waals surface area contributed by atoms with Crippen LogP contribution in [0.3, 0.4) is 0 Å². The fourth-order valence-corrected chi connectivity index (χ4v) is 2.74. The molecule has 1 amide bonds. The summed E-state index contributed by atoms with van der Waals surface area (Å²) in [4.78, 5) is 22.6. The smallest absolute Gasteiger partial charge is 0.285 e. The van der Waals surface area contributed by atoms with Gasteiger partial charge < -0.3 is 9.73 Å². The van der Waals surface area contributed by atoms with Crippen molar-refractivity contribution < 1.29 is 14.1 Å². The number of hydrogen-bond acceptors (Lipinski definition) is 5. The minimum atomic E-state index is -0.518. The molecule has 0 radical (unpaired) electrons. The highest BCUT2D eigenvalue weighted by atomic mass is 32.2. The van der Waals surface area contributed by atoms with Gasteiger partial charge in [-0.1, -0.05) is 12.1 Å². The molecule has 1 N–H and O–H groups in total. The zero-order valence-corrected chi connectivity index (χ0v) is 12.9. The van der Waals surface area contributed by atoms with E-state index in [1.807, 2.05) is 12.1 Å². The fraction of sp³-hybridized carbons (Fsp3) is 0.267. The number of nitrogens with one attached hydrogen (secondary N) is 1. The number of nitro benzene ring substituents is 1. The first-order valence-corrected chi connectivity index (χ1v) is 7.87. The molecule has 22 heavy (non-hydrogen) atoms. The number of amides is 1. The molecule has 6 nitrogen and oxygen atoms in total. The largest absolute Gasteiger partial charge is 0.468 e. The summed E-state index contributed by atoms with van der Waals surface area (Å²) in [7, 11) is 0. The molecule has 0 aliphatic rings. The van der Waals surface area contributed by atoms with E-state index in [4.69, 9.17) is 4.42 Å². The van der Waals surface area contributed by atoms with E-state index in [2.05, 4.69) is 5.32 Å². The molecule has 0 fully saturated rings. The third kappa shape index (κ3) is 4.11. The van der Waals surface area contributed by atoms with Crippen LogP contribution in [0.4, 0.5) is 5.69 Å². The first-order valence-electron chi connectivity index (χ1n) is 6.72. The van der Waals surface area contributed by atoms with Crippen LogP contribution < -0.4 is 5.32 Å². The molecule has 116 valence electrons. The van der Waals surface area contributed by atoms with Gasteiger partial charge in [0, 0.05) is 17.9 Å². The number of para-hydroxylation sites is 1. The number of carbonyl (C=O) groups excluding carboxylic acids is 1. The molecule has 0 atom stereocenters. The summed E-state index contributed by atoms with van der Waals surface area (Å²) in [6.45, 7) is 2.06. The van der Waals surface area contributed by atoms with Crippen LogP contribution in [0.15, 0.2) is 41.0 Å². The highest BCUT2D eigenvalue weighted by Gasteiger charge is 2.21. The van der Waals surface area contributed by atoms with Crippen LogP contribution in [0, 0.1) is 17.0 Å². The summed E-state index contributed by atoms with van der Waals surface area (Å²) in [5.74, 6) is 1.89. The minimum absolute atomic E-state index is 0.0982. The van der Waals surface area contributed by atoms with Crippen molar-refractivity contribution in [2.75, 3.05) is 12.3 Å². The molecule has 0 bridgehead atoms. The topological polar surface area (TPSA) is 85.4 Å². The van der Waals surface area contributed by atoms with Crippen molar-refractivity contribution in [3.63, 3.8) is 0 Å². The molecule has 2 rings (SSSR count). The summed E-state index contributed by atoms with van der Waals surface area (Å²) in [6.07, 6.45) is 1.62. The van der Waals surface area contributed by atoms with Gasteiger partial charge in [-0.25, -0.2) is 0 Å². The number of hydrogen-bond donors (Lipinski definition) is 1. The summed E-state index contributed by atoms with van der Waals surface area (Å²) in [6, 6.07) is 8.45. The van der Waals surface area contributed by atoms with Gasteiger partial charge in [0.1, 0.15) is 11.3 Å². The second-order valence-corrected chi connectivity index (χ2v) is 5.72. The highest BCUT2D eigenvalue weighted by molar-refractivity contribution is 7.98. The maximum Gasteiger partial charge on any atom is 0.285 e. The number of thioether (sulfide) groups is 1. The molecule has 0 aliphatic carbocycles. The number of nitro groups is 1. The molecule has 0 spiro atoms. The zero-order valence-electron chi connectivity index (χ0n) is 12.1. The van der Waals surface area contributed by atoms with Crippen LogP contribution >= 0.6 is 11.8 Å². The normalized spacial score (nSPS) is 10.4. The van der Waals surface area contributed by atoms with E-state index in [1.165, 1.54) is 6.07 Å². The first-order chi connectivity index (χ1) is 10.6. The molecule has 1 heterocycles. The average molecular weight is 320 g/mol. The number of carbonyl (C=O) groups is 1. The summed E-state index contributed by atoms with van der Waals surface area (Å²) in [5, 5.41) is 13.8. The van der Waals surface area contributed by atoms with E-state index in [-0.39, 0.29) is 11.3 Å². The molecule has 2 aromatic rings. The Hall–Kier alpha value is -2.28. The third-order valence-corrected chi connectivity index (χ3v) is 4.00. The van der Waals surface area contributed by atoms with E-state index in [0.29, 0.717) is 17.9 Å². The van der Waals surface area contributed by atoms with Crippen molar-refractivity contribution in [3.05, 3.63) is 63.6 Å². The standard InChI is InChI=1S/C15H16N2O4S/c1-11-4-2-6-13(14(11)17(19)20)15(18)16-7-9-22-10-12-5-3-8-21-12/h2-6,8H,7,9-10H2,1H3,(H,16,18). The molecular weight excluding hydrogens is 304 g/mol. The molecule has 0 saturated heterocycles. The van der Waals surface area contributed by atoms with Crippen molar-refractivity contribution >= 4 is 23.4 Å². The lowest BCUT2D eigenvalue weighted by Gasteiger charge is -2.07. The molecule has 1 aromatic heterocycles. The second-order valence-electron chi connectivity index (χ2n) is 4.62. The lowest BCUT2D eigenvalue weighted by molar-refractivity contribution is -0.385. The van der Waals surface area contributed by atoms with Crippen LogP contribution in [0.25, 0.3) is 0 Å². The fourth-order valence-electron chi connectivity index (χ4n) is 1.98. The van der Waals surface area contributed by atoms with Gasteiger partial charge in [0.25, 0.3) is 11.6 Å². The van der Waals surface area contributed by atoms with Gasteiger partial charge >= 0.3 is 0 Å². The van der Waals surface area contributed by atoms with Crippen LogP contribution in [0.1, 0.15) is 21.7 Å². The minimum Gasteiger partial charge on any atom is -0.468 e. The van der Waals surface area contributed by atoms with Gasteiger partial charge in [-0.2, -0.15) is 11.8 Å². The van der Waals surface area contributed by atoms with Crippen molar-refractivity contribution in [2.24, 2.45) is 0 Å². The summed E-state index contributed by atoms with van der Waals surface area (Å²) < 4.78 is 5.20. The van der Waals surface area contributed by atoms with Gasteiger partial charge in [-0.05, 0) is 25.1 Å². The van der Waals surface area contributed by atoms with Gasteiger partial charge in [0.05, 0.1) is 16.9 Å². The highest BCUT2D eigenvalue weighted by Crippen LogP contribution is 2.22. The summed E-state index contributed by atoms with van der Waals surface area (Å²) >= 11 is 1.62. The number of aryl methyl sites for hydroxylation is 1. The van der Waals surface area contributed by atoms with Gasteiger partial charge in [-0.15, -0.1) is 0 Å². The Morgan fingerprint density at radius 1 is 1.36 bits per heavy atom. The number of furan rings is 1.